The predicted octanol–water partition coefficient (Wildman–Crippen LogP) is 3.54. The molecule has 0 N–H and O–H groups in total. The van der Waals surface area contributed by atoms with Crippen molar-refractivity contribution < 1.29 is 9.53 Å². The van der Waals surface area contributed by atoms with Gasteiger partial charge in [-0.2, -0.15) is 5.10 Å². The number of halogens is 1. The third-order valence-corrected chi connectivity index (χ3v) is 4.11. The molecule has 1 saturated carbocycles. The summed E-state index contributed by atoms with van der Waals surface area (Å²) in [7, 11) is 0. The molecule has 1 heterocycles. The van der Waals surface area contributed by atoms with E-state index in [-0.39, 0.29) is 12.1 Å². The van der Waals surface area contributed by atoms with Crippen molar-refractivity contribution in [3.05, 3.63) is 52.8 Å². The largest absolute Gasteiger partial charge is 0.459 e. The van der Waals surface area contributed by atoms with Gasteiger partial charge in [-0.25, -0.2) is 4.79 Å². The highest BCUT2D eigenvalue weighted by Crippen LogP contribution is 2.34. The van der Waals surface area contributed by atoms with Gasteiger partial charge in [-0.3, -0.25) is 4.68 Å². The summed E-state index contributed by atoms with van der Waals surface area (Å²) in [5.41, 5.74) is 1.45. The molecule has 0 saturated heterocycles. The first kappa shape index (κ1) is 14.1. The Morgan fingerprint density at radius 1 is 1.48 bits per heavy atom. The molecule has 3 rings (SSSR count). The lowest BCUT2D eigenvalue weighted by Gasteiger charge is -2.10. The average molecular weight is 305 g/mol. The number of nitrogens with zero attached hydrogens (tertiary/aromatic N) is 2. The monoisotopic (exact) mass is 304 g/mol. The summed E-state index contributed by atoms with van der Waals surface area (Å²) in [5.74, 6) is 0.229. The lowest BCUT2D eigenvalue weighted by atomic mass is 10.2. The summed E-state index contributed by atoms with van der Waals surface area (Å²) in [6, 6.07) is 7.60. The summed E-state index contributed by atoms with van der Waals surface area (Å²) in [5, 5.41) is 4.89. The van der Waals surface area contributed by atoms with Gasteiger partial charge in [0.25, 0.3) is 0 Å². The number of hydrogen-bond acceptors (Lipinski definition) is 3. The molecule has 21 heavy (non-hydrogen) atoms. The van der Waals surface area contributed by atoms with Crippen molar-refractivity contribution in [3.63, 3.8) is 0 Å². The summed E-state index contributed by atoms with van der Waals surface area (Å²) in [6.45, 7) is 2.48. The van der Waals surface area contributed by atoms with E-state index in [1.807, 2.05) is 31.2 Å². The highest BCUT2D eigenvalue weighted by atomic mass is 35.5. The SMILES string of the molecule is CC(OC(=O)c1cnn(Cc2ccccc2Cl)c1)C1CC1. The van der Waals surface area contributed by atoms with E-state index in [2.05, 4.69) is 5.10 Å². The van der Waals surface area contributed by atoms with Crippen LogP contribution in [0.25, 0.3) is 0 Å². The van der Waals surface area contributed by atoms with Crippen molar-refractivity contribution in [1.29, 1.82) is 0 Å². The van der Waals surface area contributed by atoms with Crippen LogP contribution in [0.15, 0.2) is 36.7 Å². The highest BCUT2D eigenvalue weighted by Gasteiger charge is 2.31. The zero-order valence-electron chi connectivity index (χ0n) is 11.8. The normalized spacial score (nSPS) is 15.7. The Balaban J connectivity index is 1.65. The smallest absolute Gasteiger partial charge is 0.341 e. The molecule has 2 aromatic rings. The van der Waals surface area contributed by atoms with E-state index >= 15 is 0 Å². The van der Waals surface area contributed by atoms with Crippen LogP contribution in [0, 0.1) is 5.92 Å². The topological polar surface area (TPSA) is 44.1 Å². The van der Waals surface area contributed by atoms with Crippen molar-refractivity contribution in [1.82, 2.24) is 9.78 Å². The Bertz CT molecular complexity index is 649. The van der Waals surface area contributed by atoms with Crippen LogP contribution in [0.1, 0.15) is 35.7 Å². The second-order valence-corrected chi connectivity index (χ2v) is 5.87. The summed E-state index contributed by atoms with van der Waals surface area (Å²) in [6.07, 6.45) is 5.54. The van der Waals surface area contributed by atoms with Crippen LogP contribution in [0.5, 0.6) is 0 Å². The first-order chi connectivity index (χ1) is 10.1. The third kappa shape index (κ3) is 3.45. The Morgan fingerprint density at radius 2 is 2.24 bits per heavy atom. The fraction of sp³-hybridized carbons (Fsp3) is 0.375. The number of carbonyl (C=O) groups excluding carboxylic acids is 1. The fourth-order valence-corrected chi connectivity index (χ4v) is 2.45. The first-order valence-corrected chi connectivity index (χ1v) is 7.48. The van der Waals surface area contributed by atoms with Crippen LogP contribution >= 0.6 is 11.6 Å². The maximum Gasteiger partial charge on any atom is 0.341 e. The third-order valence-electron chi connectivity index (χ3n) is 3.74. The van der Waals surface area contributed by atoms with Gasteiger partial charge < -0.3 is 4.74 Å². The van der Waals surface area contributed by atoms with Crippen molar-refractivity contribution in [2.24, 2.45) is 5.92 Å². The molecule has 1 unspecified atom stereocenters. The van der Waals surface area contributed by atoms with Gasteiger partial charge in [0.1, 0.15) is 6.10 Å². The van der Waals surface area contributed by atoms with Gasteiger partial charge in [0.2, 0.25) is 0 Å². The molecule has 0 bridgehead atoms. The molecule has 1 aliphatic rings. The minimum atomic E-state index is -0.306. The molecule has 0 spiro atoms. The van der Waals surface area contributed by atoms with Gasteiger partial charge >= 0.3 is 5.97 Å². The Hall–Kier alpha value is -1.81. The van der Waals surface area contributed by atoms with E-state index in [1.54, 1.807) is 17.1 Å². The van der Waals surface area contributed by atoms with E-state index in [0.717, 1.165) is 18.4 Å². The van der Waals surface area contributed by atoms with E-state index < -0.39 is 0 Å². The Morgan fingerprint density at radius 3 is 2.95 bits per heavy atom. The van der Waals surface area contributed by atoms with Crippen molar-refractivity contribution in [3.8, 4) is 0 Å². The summed E-state index contributed by atoms with van der Waals surface area (Å²) < 4.78 is 7.12. The van der Waals surface area contributed by atoms with Crippen LogP contribution in [-0.2, 0) is 11.3 Å². The van der Waals surface area contributed by atoms with Gasteiger partial charge in [0, 0.05) is 11.2 Å². The fourth-order valence-electron chi connectivity index (χ4n) is 2.26. The number of esters is 1. The van der Waals surface area contributed by atoms with Crippen molar-refractivity contribution in [2.45, 2.75) is 32.4 Å². The zero-order valence-corrected chi connectivity index (χ0v) is 12.6. The zero-order chi connectivity index (χ0) is 14.8. The van der Waals surface area contributed by atoms with Crippen LogP contribution < -0.4 is 0 Å². The first-order valence-electron chi connectivity index (χ1n) is 7.10. The molecule has 0 aliphatic heterocycles. The van der Waals surface area contributed by atoms with E-state index in [9.17, 15) is 4.79 Å². The van der Waals surface area contributed by atoms with E-state index in [0.29, 0.717) is 23.0 Å². The molecule has 110 valence electrons. The molecule has 0 amide bonds. The lowest BCUT2D eigenvalue weighted by Crippen LogP contribution is -2.16. The number of benzene rings is 1. The number of carbonyl (C=O) groups is 1. The molecule has 4 nitrogen and oxygen atoms in total. The molecule has 1 aromatic heterocycles. The molecular formula is C16H17ClN2O2. The maximum atomic E-state index is 12.0. The molecule has 1 fully saturated rings. The van der Waals surface area contributed by atoms with Crippen LogP contribution in [0.2, 0.25) is 5.02 Å². The van der Waals surface area contributed by atoms with Crippen LogP contribution in [0.4, 0.5) is 0 Å². The Labute approximate surface area is 128 Å². The van der Waals surface area contributed by atoms with E-state index in [4.69, 9.17) is 16.3 Å². The lowest BCUT2D eigenvalue weighted by molar-refractivity contribution is 0.0294. The quantitative estimate of drug-likeness (QED) is 0.794. The summed E-state index contributed by atoms with van der Waals surface area (Å²) in [4.78, 5) is 12.0. The van der Waals surface area contributed by atoms with Gasteiger partial charge in [-0.15, -0.1) is 0 Å². The van der Waals surface area contributed by atoms with Crippen molar-refractivity contribution >= 4 is 17.6 Å². The van der Waals surface area contributed by atoms with Crippen LogP contribution in [-0.4, -0.2) is 21.9 Å². The van der Waals surface area contributed by atoms with E-state index in [1.165, 1.54) is 0 Å². The number of aromatic nitrogens is 2. The van der Waals surface area contributed by atoms with Crippen LogP contribution in [0.3, 0.4) is 0 Å². The molecule has 5 heteroatoms. The standard InChI is InChI=1S/C16H17ClN2O2/c1-11(12-6-7-12)21-16(20)14-8-18-19(10-14)9-13-4-2-3-5-15(13)17/h2-5,8,10-12H,6-7,9H2,1H3. The summed E-state index contributed by atoms with van der Waals surface area (Å²) >= 11 is 6.12. The predicted molar refractivity (Wildman–Crippen MR) is 80.4 cm³/mol. The molecule has 1 atom stereocenters. The number of hydrogen-bond donors (Lipinski definition) is 0. The Kier molecular flexibility index (Phi) is 3.97. The number of ether oxygens (including phenoxy) is 1. The minimum absolute atomic E-state index is 0.00980. The molecule has 1 aromatic carbocycles. The average Bonchev–Trinajstić information content (AvgIpc) is 3.21. The van der Waals surface area contributed by atoms with Gasteiger partial charge in [0.15, 0.2) is 0 Å². The second-order valence-electron chi connectivity index (χ2n) is 5.47. The maximum absolute atomic E-state index is 12.0. The van der Waals surface area contributed by atoms with Gasteiger partial charge in [-0.05, 0) is 37.3 Å². The minimum Gasteiger partial charge on any atom is -0.459 e. The molecular weight excluding hydrogens is 288 g/mol. The van der Waals surface area contributed by atoms with Crippen molar-refractivity contribution in [2.75, 3.05) is 0 Å². The second kappa shape index (κ2) is 5.90. The van der Waals surface area contributed by atoms with Gasteiger partial charge in [-0.1, -0.05) is 29.8 Å². The molecule has 0 radical (unpaired) electrons. The molecule has 1 aliphatic carbocycles. The van der Waals surface area contributed by atoms with Gasteiger partial charge in [0.05, 0.1) is 18.3 Å². The number of rotatable bonds is 5. The highest BCUT2D eigenvalue weighted by molar-refractivity contribution is 6.31.